The molecule has 20 heavy (non-hydrogen) atoms. The molecule has 1 aromatic rings. The molecule has 0 spiro atoms. The van der Waals surface area contributed by atoms with Crippen LogP contribution >= 0.6 is 0 Å². The van der Waals surface area contributed by atoms with Crippen molar-refractivity contribution in [2.24, 2.45) is 0 Å². The van der Waals surface area contributed by atoms with Gasteiger partial charge >= 0.3 is 6.18 Å². The quantitative estimate of drug-likeness (QED) is 0.874. The largest absolute Gasteiger partial charge is 0.416 e. The fourth-order valence-electron chi connectivity index (χ4n) is 1.86. The molecule has 0 bridgehead atoms. The first kappa shape index (κ1) is 17.0. The summed E-state index contributed by atoms with van der Waals surface area (Å²) in [5.41, 5.74) is -0.884. The van der Waals surface area contributed by atoms with Crippen LogP contribution in [-0.2, 0) is 16.2 Å². The molecule has 0 fully saturated rings. The van der Waals surface area contributed by atoms with Gasteiger partial charge in [-0.1, -0.05) is 31.5 Å². The maximum absolute atomic E-state index is 12.9. The lowest BCUT2D eigenvalue weighted by Gasteiger charge is -2.19. The molecule has 0 unspecified atom stereocenters. The molecular weight excluding hydrogens is 291 g/mol. The van der Waals surface area contributed by atoms with E-state index in [1.807, 2.05) is 6.92 Å². The van der Waals surface area contributed by atoms with Gasteiger partial charge in [0.1, 0.15) is 0 Å². The Hall–Kier alpha value is -1.08. The SMILES string of the molecule is CCCCS(=O)(=O)N[C@H](C)c1ccccc1C(F)(F)F. The highest BCUT2D eigenvalue weighted by Crippen LogP contribution is 2.34. The molecule has 0 radical (unpaired) electrons. The average Bonchev–Trinajstić information content (AvgIpc) is 2.35. The first-order valence-corrected chi connectivity index (χ1v) is 7.98. The number of rotatable bonds is 6. The van der Waals surface area contributed by atoms with Gasteiger partial charge in [-0.3, -0.25) is 0 Å². The minimum atomic E-state index is -4.50. The van der Waals surface area contributed by atoms with E-state index in [9.17, 15) is 21.6 Å². The minimum Gasteiger partial charge on any atom is -0.212 e. The van der Waals surface area contributed by atoms with Crippen LogP contribution in [0.1, 0.15) is 43.9 Å². The monoisotopic (exact) mass is 309 g/mol. The Morgan fingerprint density at radius 3 is 2.40 bits per heavy atom. The molecule has 1 N–H and O–H groups in total. The molecule has 114 valence electrons. The summed E-state index contributed by atoms with van der Waals surface area (Å²) in [6, 6.07) is 4.06. The maximum atomic E-state index is 12.9. The van der Waals surface area contributed by atoms with Crippen LogP contribution in [0.3, 0.4) is 0 Å². The van der Waals surface area contributed by atoms with Crippen LogP contribution in [-0.4, -0.2) is 14.2 Å². The highest BCUT2D eigenvalue weighted by molar-refractivity contribution is 7.89. The summed E-state index contributed by atoms with van der Waals surface area (Å²) in [5.74, 6) is -0.0813. The smallest absolute Gasteiger partial charge is 0.212 e. The first-order chi connectivity index (χ1) is 9.17. The van der Waals surface area contributed by atoms with E-state index in [2.05, 4.69) is 4.72 Å². The van der Waals surface area contributed by atoms with Gasteiger partial charge in [0.2, 0.25) is 10.0 Å². The van der Waals surface area contributed by atoms with Gasteiger partial charge in [0.15, 0.2) is 0 Å². The number of alkyl halides is 3. The van der Waals surface area contributed by atoms with E-state index in [0.29, 0.717) is 12.8 Å². The maximum Gasteiger partial charge on any atom is 0.416 e. The summed E-state index contributed by atoms with van der Waals surface area (Å²) in [4.78, 5) is 0. The number of benzene rings is 1. The van der Waals surface area contributed by atoms with Gasteiger partial charge in [0, 0.05) is 6.04 Å². The van der Waals surface area contributed by atoms with Crippen molar-refractivity contribution in [2.75, 3.05) is 5.75 Å². The van der Waals surface area contributed by atoms with Crippen molar-refractivity contribution in [3.05, 3.63) is 35.4 Å². The molecule has 0 heterocycles. The number of sulfonamides is 1. The van der Waals surface area contributed by atoms with E-state index in [0.717, 1.165) is 6.07 Å². The first-order valence-electron chi connectivity index (χ1n) is 6.33. The lowest BCUT2D eigenvalue weighted by atomic mass is 10.0. The third-order valence-electron chi connectivity index (χ3n) is 2.86. The molecule has 7 heteroatoms. The number of halogens is 3. The van der Waals surface area contributed by atoms with E-state index < -0.39 is 27.8 Å². The molecule has 0 saturated heterocycles. The fourth-order valence-corrected chi connectivity index (χ4v) is 3.31. The second kappa shape index (κ2) is 6.58. The topological polar surface area (TPSA) is 46.2 Å². The van der Waals surface area contributed by atoms with Crippen molar-refractivity contribution in [1.82, 2.24) is 4.72 Å². The molecule has 1 aromatic carbocycles. The summed E-state index contributed by atoms with van der Waals surface area (Å²) in [7, 11) is -3.57. The average molecular weight is 309 g/mol. The van der Waals surface area contributed by atoms with Gasteiger partial charge in [0.25, 0.3) is 0 Å². The van der Waals surface area contributed by atoms with E-state index in [1.54, 1.807) is 0 Å². The molecular formula is C13H18F3NO2S. The van der Waals surface area contributed by atoms with Crippen molar-refractivity contribution in [3.63, 3.8) is 0 Å². The van der Waals surface area contributed by atoms with Gasteiger partial charge in [-0.2, -0.15) is 13.2 Å². The van der Waals surface area contributed by atoms with Crippen LogP contribution in [0.4, 0.5) is 13.2 Å². The summed E-state index contributed by atoms with van der Waals surface area (Å²) in [6.45, 7) is 3.26. The second-order valence-corrected chi connectivity index (χ2v) is 6.47. The molecule has 0 aliphatic heterocycles. The molecule has 3 nitrogen and oxygen atoms in total. The third-order valence-corrected chi connectivity index (χ3v) is 4.39. The molecule has 1 atom stereocenters. The van der Waals surface area contributed by atoms with Crippen LogP contribution < -0.4 is 4.72 Å². The number of hydrogen-bond acceptors (Lipinski definition) is 2. The lowest BCUT2D eigenvalue weighted by Crippen LogP contribution is -2.30. The van der Waals surface area contributed by atoms with E-state index >= 15 is 0 Å². The van der Waals surface area contributed by atoms with E-state index in [-0.39, 0.29) is 11.3 Å². The molecule has 0 saturated carbocycles. The Morgan fingerprint density at radius 1 is 1.25 bits per heavy atom. The van der Waals surface area contributed by atoms with Crippen LogP contribution in [0, 0.1) is 0 Å². The minimum absolute atomic E-state index is 0.0694. The second-order valence-electron chi connectivity index (χ2n) is 4.60. The normalized spacial score (nSPS) is 14.2. The summed E-state index contributed by atoms with van der Waals surface area (Å²) in [5, 5.41) is 0. The van der Waals surface area contributed by atoms with Crippen LogP contribution in [0.5, 0.6) is 0 Å². The van der Waals surface area contributed by atoms with E-state index in [4.69, 9.17) is 0 Å². The summed E-state index contributed by atoms with van der Waals surface area (Å²) < 4.78 is 64.4. The summed E-state index contributed by atoms with van der Waals surface area (Å²) in [6.07, 6.45) is -3.32. The highest BCUT2D eigenvalue weighted by atomic mass is 32.2. The Bertz CT molecular complexity index is 541. The molecule has 1 rings (SSSR count). The van der Waals surface area contributed by atoms with Crippen molar-refractivity contribution in [3.8, 4) is 0 Å². The van der Waals surface area contributed by atoms with Gasteiger partial charge in [0.05, 0.1) is 11.3 Å². The van der Waals surface area contributed by atoms with Gasteiger partial charge < -0.3 is 0 Å². The van der Waals surface area contributed by atoms with Gasteiger partial charge in [-0.15, -0.1) is 0 Å². The van der Waals surface area contributed by atoms with Crippen LogP contribution in [0.2, 0.25) is 0 Å². The molecule has 0 amide bonds. The van der Waals surface area contributed by atoms with E-state index in [1.165, 1.54) is 25.1 Å². The van der Waals surface area contributed by atoms with Crippen molar-refractivity contribution in [1.29, 1.82) is 0 Å². The third kappa shape index (κ3) is 4.79. The fraction of sp³-hybridized carbons (Fsp3) is 0.538. The van der Waals surface area contributed by atoms with Gasteiger partial charge in [-0.25, -0.2) is 13.1 Å². The number of hydrogen-bond donors (Lipinski definition) is 1. The van der Waals surface area contributed by atoms with Crippen molar-refractivity contribution in [2.45, 2.75) is 38.9 Å². The van der Waals surface area contributed by atoms with Crippen LogP contribution in [0.15, 0.2) is 24.3 Å². The van der Waals surface area contributed by atoms with Crippen molar-refractivity contribution < 1.29 is 21.6 Å². The Labute approximate surface area is 117 Å². The predicted molar refractivity (Wildman–Crippen MR) is 71.7 cm³/mol. The Balaban J connectivity index is 2.96. The lowest BCUT2D eigenvalue weighted by molar-refractivity contribution is -0.138. The highest BCUT2D eigenvalue weighted by Gasteiger charge is 2.34. The molecule has 0 aliphatic rings. The molecule has 0 aromatic heterocycles. The number of nitrogens with one attached hydrogen (secondary N) is 1. The summed E-state index contributed by atoms with van der Waals surface area (Å²) >= 11 is 0. The Kier molecular flexibility index (Phi) is 5.59. The van der Waals surface area contributed by atoms with Crippen molar-refractivity contribution >= 4 is 10.0 Å². The Morgan fingerprint density at radius 2 is 1.85 bits per heavy atom. The zero-order chi connectivity index (χ0) is 15.4. The standard InChI is InChI=1S/C13H18F3NO2S/c1-3-4-9-20(18,19)17-10(2)11-7-5-6-8-12(11)13(14,15)16/h5-8,10,17H,3-4,9H2,1-2H3/t10-/m1/s1. The van der Waals surface area contributed by atoms with Gasteiger partial charge in [-0.05, 0) is 25.0 Å². The number of unbranched alkanes of at least 4 members (excludes halogenated alkanes) is 1. The van der Waals surface area contributed by atoms with Crippen LogP contribution in [0.25, 0.3) is 0 Å². The molecule has 0 aliphatic carbocycles. The zero-order valence-corrected chi connectivity index (χ0v) is 12.2. The predicted octanol–water partition coefficient (Wildman–Crippen LogP) is 3.49. The zero-order valence-electron chi connectivity index (χ0n) is 11.4.